The molecule has 0 unspecified atom stereocenters. The highest BCUT2D eigenvalue weighted by atomic mass is 35.5. The second-order valence-corrected chi connectivity index (χ2v) is 9.40. The molecule has 5 rings (SSSR count). The third-order valence-corrected chi connectivity index (χ3v) is 6.93. The number of hydrogen-bond acceptors (Lipinski definition) is 6. The number of nitrogens with one attached hydrogen (secondary N) is 1. The first-order chi connectivity index (χ1) is 18.3. The number of aryl methyl sites for hydroxylation is 1. The molecule has 0 radical (unpaired) electrons. The summed E-state index contributed by atoms with van der Waals surface area (Å²) >= 11 is 6.45. The van der Waals surface area contributed by atoms with Crippen LogP contribution in [0.2, 0.25) is 5.02 Å². The van der Waals surface area contributed by atoms with Crippen molar-refractivity contribution in [2.45, 2.75) is 19.5 Å². The number of methoxy groups -OCH3 is 1. The molecule has 2 aromatic heterocycles. The van der Waals surface area contributed by atoms with Gasteiger partial charge in [0.2, 0.25) is 5.62 Å². The number of pyridine rings is 1. The molecule has 0 saturated heterocycles. The second-order valence-electron chi connectivity index (χ2n) is 8.99. The zero-order chi connectivity index (χ0) is 27.0. The third kappa shape index (κ3) is 4.74. The van der Waals surface area contributed by atoms with Crippen LogP contribution in [0, 0.1) is 11.2 Å². The van der Waals surface area contributed by atoms with E-state index in [2.05, 4.69) is 10.1 Å². The van der Waals surface area contributed by atoms with Crippen LogP contribution in [0.4, 0.5) is 4.39 Å². The second kappa shape index (κ2) is 10.3. The molecule has 0 fully saturated rings. The Labute approximate surface area is 223 Å². The first-order valence-electron chi connectivity index (χ1n) is 12.0. The maximum Gasteiger partial charge on any atom is 0.258 e. The Hall–Kier alpha value is -4.18. The Morgan fingerprint density at radius 3 is 2.68 bits per heavy atom. The molecule has 38 heavy (non-hydrogen) atoms. The van der Waals surface area contributed by atoms with Gasteiger partial charge in [-0.05, 0) is 48.9 Å². The number of hydrogen-bond donors (Lipinski definition) is 1. The fourth-order valence-corrected chi connectivity index (χ4v) is 4.83. The van der Waals surface area contributed by atoms with Crippen LogP contribution in [0.3, 0.4) is 0 Å². The molecule has 1 atom stereocenters. The van der Waals surface area contributed by atoms with Crippen molar-refractivity contribution >= 4 is 17.5 Å². The molecular formula is C27H26ClFN6O3. The Kier molecular flexibility index (Phi) is 6.90. The number of rotatable bonds is 6. The van der Waals surface area contributed by atoms with Gasteiger partial charge in [0.25, 0.3) is 5.91 Å². The van der Waals surface area contributed by atoms with E-state index in [1.165, 1.54) is 16.8 Å². The van der Waals surface area contributed by atoms with Gasteiger partial charge < -0.3 is 14.4 Å². The van der Waals surface area contributed by atoms with Gasteiger partial charge in [-0.15, -0.1) is 0 Å². The topological polar surface area (TPSA) is 98.3 Å². The van der Waals surface area contributed by atoms with E-state index in [1.54, 1.807) is 60.4 Å². The summed E-state index contributed by atoms with van der Waals surface area (Å²) in [7, 11) is 3.26. The van der Waals surface area contributed by atoms with E-state index in [0.717, 1.165) is 5.56 Å². The summed E-state index contributed by atoms with van der Waals surface area (Å²) < 4.78 is 28.5. The van der Waals surface area contributed by atoms with Gasteiger partial charge in [0.15, 0.2) is 0 Å². The number of nitrogens with zero attached hydrogens (tertiary/aromatic N) is 5. The van der Waals surface area contributed by atoms with E-state index in [4.69, 9.17) is 26.5 Å². The molecule has 3 heterocycles. The van der Waals surface area contributed by atoms with Crippen LogP contribution in [0.15, 0.2) is 55.0 Å². The predicted octanol–water partition coefficient (Wildman–Crippen LogP) is 4.21. The molecule has 0 spiro atoms. The maximum absolute atomic E-state index is 14.0. The first kappa shape index (κ1) is 25.5. The van der Waals surface area contributed by atoms with Gasteiger partial charge >= 0.3 is 0 Å². The van der Waals surface area contributed by atoms with Crippen molar-refractivity contribution < 1.29 is 18.7 Å². The van der Waals surface area contributed by atoms with Crippen molar-refractivity contribution in [1.29, 1.82) is 5.41 Å². The van der Waals surface area contributed by atoms with E-state index < -0.39 is 5.82 Å². The molecule has 196 valence electrons. The van der Waals surface area contributed by atoms with E-state index in [-0.39, 0.29) is 35.7 Å². The van der Waals surface area contributed by atoms with Gasteiger partial charge in [-0.3, -0.25) is 19.8 Å². The van der Waals surface area contributed by atoms with Gasteiger partial charge in [0, 0.05) is 30.4 Å². The zero-order valence-corrected chi connectivity index (χ0v) is 21.9. The van der Waals surface area contributed by atoms with Crippen LogP contribution in [0.1, 0.15) is 34.6 Å². The fourth-order valence-electron chi connectivity index (χ4n) is 4.56. The molecular weight excluding hydrogens is 511 g/mol. The fraction of sp³-hybridized carbons (Fsp3) is 0.259. The number of ether oxygens (including phenoxy) is 2. The molecule has 1 N–H and O–H groups in total. The van der Waals surface area contributed by atoms with Crippen LogP contribution in [-0.2, 0) is 13.6 Å². The molecule has 0 saturated carbocycles. The average molecular weight is 537 g/mol. The van der Waals surface area contributed by atoms with Crippen molar-refractivity contribution in [2.24, 2.45) is 7.05 Å². The van der Waals surface area contributed by atoms with Gasteiger partial charge in [-0.2, -0.15) is 5.10 Å². The van der Waals surface area contributed by atoms with E-state index in [1.807, 2.05) is 13.0 Å². The number of benzene rings is 2. The highest BCUT2D eigenvalue weighted by Crippen LogP contribution is 2.41. The van der Waals surface area contributed by atoms with E-state index in [0.29, 0.717) is 40.4 Å². The van der Waals surface area contributed by atoms with Crippen molar-refractivity contribution in [3.05, 3.63) is 88.3 Å². The molecule has 9 nitrogen and oxygen atoms in total. The van der Waals surface area contributed by atoms with Gasteiger partial charge in [0.05, 0.1) is 42.5 Å². The Balaban J connectivity index is 1.63. The van der Waals surface area contributed by atoms with Crippen molar-refractivity contribution in [3.8, 4) is 22.6 Å². The molecule has 1 amide bonds. The Morgan fingerprint density at radius 1 is 1.18 bits per heavy atom. The highest BCUT2D eigenvalue weighted by molar-refractivity contribution is 6.33. The highest BCUT2D eigenvalue weighted by Gasteiger charge is 2.31. The summed E-state index contributed by atoms with van der Waals surface area (Å²) in [6.07, 6.45) is 3.20. The molecule has 2 aromatic carbocycles. The van der Waals surface area contributed by atoms with Crippen molar-refractivity contribution in [1.82, 2.24) is 24.2 Å². The molecule has 0 bridgehead atoms. The average Bonchev–Trinajstić information content (AvgIpc) is 3.12. The monoisotopic (exact) mass is 536 g/mol. The van der Waals surface area contributed by atoms with Gasteiger partial charge in [0.1, 0.15) is 30.3 Å². The lowest BCUT2D eigenvalue weighted by molar-refractivity contribution is 0.0684. The summed E-state index contributed by atoms with van der Waals surface area (Å²) in [4.78, 5) is 20.2. The van der Waals surface area contributed by atoms with E-state index in [9.17, 15) is 9.18 Å². The number of carbonyl (C=O) groups excluding carboxylic acids is 1. The standard InChI is InChI=1S/C27H26ClFN6O3/c1-16(24-13-19(37-3)6-7-31-24)35-8-9-38-25-21(20-5-4-18(29)12-23(20)28)10-17(11-22(25)26(35)36)14-34-15-32-33(2)27(34)30/h4-7,10-13,15-16,30H,8-9,14H2,1-3H3/t16-/m0/s1. The number of aromatic nitrogens is 4. The Morgan fingerprint density at radius 2 is 1.97 bits per heavy atom. The largest absolute Gasteiger partial charge is 0.497 e. The van der Waals surface area contributed by atoms with Crippen molar-refractivity contribution in [2.75, 3.05) is 20.3 Å². The predicted molar refractivity (Wildman–Crippen MR) is 139 cm³/mol. The number of carbonyl (C=O) groups is 1. The number of amides is 1. The first-order valence-corrected chi connectivity index (χ1v) is 12.3. The molecule has 4 aromatic rings. The van der Waals surface area contributed by atoms with Crippen LogP contribution in [0.5, 0.6) is 11.5 Å². The summed E-state index contributed by atoms with van der Waals surface area (Å²) in [6.45, 7) is 2.76. The molecule has 1 aliphatic heterocycles. The normalized spacial score (nSPS) is 14.0. The molecule has 0 aliphatic carbocycles. The lowest BCUT2D eigenvalue weighted by Crippen LogP contribution is -2.35. The van der Waals surface area contributed by atoms with Crippen LogP contribution < -0.4 is 15.1 Å². The lowest BCUT2D eigenvalue weighted by Gasteiger charge is -2.27. The van der Waals surface area contributed by atoms with Crippen molar-refractivity contribution in [3.63, 3.8) is 0 Å². The summed E-state index contributed by atoms with van der Waals surface area (Å²) in [6, 6.07) is 10.9. The molecule has 1 aliphatic rings. The number of fused-ring (bicyclic) bond motifs is 1. The quantitative estimate of drug-likeness (QED) is 0.398. The number of halogens is 2. The van der Waals surface area contributed by atoms with E-state index >= 15 is 0 Å². The third-order valence-electron chi connectivity index (χ3n) is 6.62. The molecule has 11 heteroatoms. The maximum atomic E-state index is 14.0. The van der Waals surface area contributed by atoms with Crippen LogP contribution in [-0.4, -0.2) is 50.4 Å². The minimum atomic E-state index is -0.464. The summed E-state index contributed by atoms with van der Waals surface area (Å²) in [5.74, 6) is 0.325. The Bertz CT molecular complexity index is 1580. The minimum absolute atomic E-state index is 0.197. The summed E-state index contributed by atoms with van der Waals surface area (Å²) in [5, 5.41) is 12.6. The SMILES string of the molecule is COc1ccnc([C@H](C)N2CCOc3c(cc(Cn4cnn(C)c4=N)cc3-c3ccc(F)cc3Cl)C2=O)c1. The minimum Gasteiger partial charge on any atom is -0.497 e. The van der Waals surface area contributed by atoms with Gasteiger partial charge in [-0.1, -0.05) is 11.6 Å². The van der Waals surface area contributed by atoms with Crippen LogP contribution >= 0.6 is 11.6 Å². The summed E-state index contributed by atoms with van der Waals surface area (Å²) in [5.41, 5.74) is 3.07. The van der Waals surface area contributed by atoms with Gasteiger partial charge in [-0.25, -0.2) is 9.07 Å². The lowest BCUT2D eigenvalue weighted by atomic mass is 9.96. The van der Waals surface area contributed by atoms with Crippen LogP contribution in [0.25, 0.3) is 11.1 Å². The smallest absolute Gasteiger partial charge is 0.258 e. The zero-order valence-electron chi connectivity index (χ0n) is 21.1.